The second-order valence-electron chi connectivity index (χ2n) is 8.69. The quantitative estimate of drug-likeness (QED) is 0.301. The van der Waals surface area contributed by atoms with Crippen molar-refractivity contribution >= 4 is 50.7 Å². The standard InChI is InChI=1S/C28H30Cl2FN3O5S/c1-4-26(28(36)32-3)33(17-19-6-7-20(29)16-25(19)30)27(35)18-34(22-10-8-21(31)9-11-22)40(37,38)24-14-12-23(13-15-24)39-5-2/h6-16,26H,4-5,17-18H2,1-3H3,(H,32,36)/t26-/m0/s1. The number of nitrogens with zero attached hydrogens (tertiary/aromatic N) is 2. The van der Waals surface area contributed by atoms with Gasteiger partial charge in [0, 0.05) is 23.6 Å². The fourth-order valence-electron chi connectivity index (χ4n) is 4.06. The Kier molecular flexibility index (Phi) is 10.8. The molecule has 0 bridgehead atoms. The molecule has 0 radical (unpaired) electrons. The summed E-state index contributed by atoms with van der Waals surface area (Å²) in [6.07, 6.45) is 0.249. The molecule has 3 aromatic rings. The van der Waals surface area contributed by atoms with Crippen LogP contribution in [0.2, 0.25) is 10.0 Å². The molecule has 1 atom stereocenters. The largest absolute Gasteiger partial charge is 0.494 e. The van der Waals surface area contributed by atoms with Crippen LogP contribution in [0, 0.1) is 5.82 Å². The summed E-state index contributed by atoms with van der Waals surface area (Å²) in [6.45, 7) is 3.19. The third-order valence-electron chi connectivity index (χ3n) is 6.10. The van der Waals surface area contributed by atoms with Gasteiger partial charge in [-0.05, 0) is 79.6 Å². The number of hydrogen-bond acceptors (Lipinski definition) is 5. The maximum atomic E-state index is 13.9. The zero-order valence-electron chi connectivity index (χ0n) is 22.2. The molecule has 1 N–H and O–H groups in total. The Morgan fingerprint density at radius 1 is 1.00 bits per heavy atom. The van der Waals surface area contributed by atoms with Gasteiger partial charge < -0.3 is 15.0 Å². The Balaban J connectivity index is 2.06. The van der Waals surface area contributed by atoms with Crippen LogP contribution >= 0.6 is 23.2 Å². The van der Waals surface area contributed by atoms with Crippen LogP contribution in [0.15, 0.2) is 71.6 Å². The average molecular weight is 611 g/mol. The summed E-state index contributed by atoms with van der Waals surface area (Å²) in [5.41, 5.74) is 0.588. The Morgan fingerprint density at radius 3 is 2.20 bits per heavy atom. The van der Waals surface area contributed by atoms with Crippen molar-refractivity contribution in [1.82, 2.24) is 10.2 Å². The van der Waals surface area contributed by atoms with Gasteiger partial charge >= 0.3 is 0 Å². The first-order chi connectivity index (χ1) is 19.0. The van der Waals surface area contributed by atoms with Crippen molar-refractivity contribution in [1.29, 1.82) is 0 Å². The summed E-state index contributed by atoms with van der Waals surface area (Å²) in [7, 11) is -2.86. The van der Waals surface area contributed by atoms with Gasteiger partial charge in [0.1, 0.15) is 24.2 Å². The minimum Gasteiger partial charge on any atom is -0.494 e. The lowest BCUT2D eigenvalue weighted by molar-refractivity contribution is -0.140. The number of amides is 2. The minimum absolute atomic E-state index is 0.0705. The predicted octanol–water partition coefficient (Wildman–Crippen LogP) is 5.28. The van der Waals surface area contributed by atoms with E-state index in [1.165, 1.54) is 54.4 Å². The first kappa shape index (κ1) is 31.2. The predicted molar refractivity (Wildman–Crippen MR) is 154 cm³/mol. The van der Waals surface area contributed by atoms with Crippen LogP contribution in [-0.2, 0) is 26.2 Å². The molecule has 0 aliphatic carbocycles. The van der Waals surface area contributed by atoms with Gasteiger partial charge in [-0.3, -0.25) is 13.9 Å². The van der Waals surface area contributed by atoms with Gasteiger partial charge in [0.2, 0.25) is 11.8 Å². The Bertz CT molecular complexity index is 1440. The molecule has 0 fully saturated rings. The summed E-state index contributed by atoms with van der Waals surface area (Å²) < 4.78 is 47.7. The average Bonchev–Trinajstić information content (AvgIpc) is 2.93. The van der Waals surface area contributed by atoms with Crippen LogP contribution < -0.4 is 14.4 Å². The summed E-state index contributed by atoms with van der Waals surface area (Å²) in [4.78, 5) is 27.8. The number of carbonyl (C=O) groups is 2. The molecule has 12 heteroatoms. The third kappa shape index (κ3) is 7.44. The Morgan fingerprint density at radius 2 is 1.65 bits per heavy atom. The highest BCUT2D eigenvalue weighted by Crippen LogP contribution is 2.28. The van der Waals surface area contributed by atoms with Crippen molar-refractivity contribution in [2.75, 3.05) is 24.5 Å². The van der Waals surface area contributed by atoms with E-state index in [0.29, 0.717) is 22.9 Å². The lowest BCUT2D eigenvalue weighted by atomic mass is 10.1. The van der Waals surface area contributed by atoms with E-state index < -0.39 is 40.2 Å². The first-order valence-corrected chi connectivity index (χ1v) is 14.7. The molecule has 0 unspecified atom stereocenters. The van der Waals surface area contributed by atoms with Crippen molar-refractivity contribution in [3.8, 4) is 5.75 Å². The molecule has 0 aliphatic rings. The molecule has 0 aromatic heterocycles. The molecule has 0 heterocycles. The van der Waals surface area contributed by atoms with Gasteiger partial charge in [-0.25, -0.2) is 12.8 Å². The number of anilines is 1. The number of benzene rings is 3. The van der Waals surface area contributed by atoms with Crippen LogP contribution in [0.4, 0.5) is 10.1 Å². The molecule has 3 rings (SSSR count). The van der Waals surface area contributed by atoms with Crippen molar-refractivity contribution < 1.29 is 27.1 Å². The highest BCUT2D eigenvalue weighted by atomic mass is 35.5. The number of carbonyl (C=O) groups excluding carboxylic acids is 2. The van der Waals surface area contributed by atoms with Crippen LogP contribution in [0.25, 0.3) is 0 Å². The number of halogens is 3. The second-order valence-corrected chi connectivity index (χ2v) is 11.4. The summed E-state index contributed by atoms with van der Waals surface area (Å²) >= 11 is 12.4. The van der Waals surface area contributed by atoms with Gasteiger partial charge in [-0.2, -0.15) is 0 Å². The molecule has 0 saturated carbocycles. The van der Waals surface area contributed by atoms with Gasteiger partial charge in [0.15, 0.2) is 0 Å². The molecular formula is C28H30Cl2FN3O5S. The number of hydrogen-bond donors (Lipinski definition) is 1. The molecular weight excluding hydrogens is 580 g/mol. The van der Waals surface area contributed by atoms with E-state index in [1.807, 2.05) is 0 Å². The van der Waals surface area contributed by atoms with E-state index in [1.54, 1.807) is 26.0 Å². The molecule has 0 saturated heterocycles. The van der Waals surface area contributed by atoms with E-state index >= 15 is 0 Å². The molecule has 0 aliphatic heterocycles. The molecule has 0 spiro atoms. The van der Waals surface area contributed by atoms with Gasteiger partial charge in [-0.15, -0.1) is 0 Å². The highest BCUT2D eigenvalue weighted by molar-refractivity contribution is 7.92. The Labute approximate surface area is 243 Å². The maximum Gasteiger partial charge on any atom is 0.264 e. The summed E-state index contributed by atoms with van der Waals surface area (Å²) in [6, 6.07) is 14.3. The van der Waals surface area contributed by atoms with Gasteiger partial charge in [0.25, 0.3) is 10.0 Å². The number of sulfonamides is 1. The zero-order valence-corrected chi connectivity index (χ0v) is 24.6. The lowest BCUT2D eigenvalue weighted by Gasteiger charge is -2.33. The monoisotopic (exact) mass is 609 g/mol. The zero-order chi connectivity index (χ0) is 29.4. The summed E-state index contributed by atoms with van der Waals surface area (Å²) in [5, 5.41) is 3.24. The number of likely N-dealkylation sites (N-methyl/N-ethyl adjacent to an activating group) is 1. The topological polar surface area (TPSA) is 96.0 Å². The van der Waals surface area contributed by atoms with E-state index in [9.17, 15) is 22.4 Å². The second kappa shape index (κ2) is 13.8. The van der Waals surface area contributed by atoms with Crippen LogP contribution in [-0.4, -0.2) is 51.4 Å². The first-order valence-electron chi connectivity index (χ1n) is 12.5. The number of rotatable bonds is 12. The van der Waals surface area contributed by atoms with Gasteiger partial charge in [0.05, 0.1) is 17.2 Å². The molecule has 2 amide bonds. The van der Waals surface area contributed by atoms with E-state index in [-0.39, 0.29) is 28.6 Å². The third-order valence-corrected chi connectivity index (χ3v) is 8.48. The fraction of sp³-hybridized carbons (Fsp3) is 0.286. The normalized spacial score (nSPS) is 11.9. The van der Waals surface area contributed by atoms with Crippen LogP contribution in [0.5, 0.6) is 5.75 Å². The molecule has 40 heavy (non-hydrogen) atoms. The fourth-order valence-corrected chi connectivity index (χ4v) is 5.94. The maximum absolute atomic E-state index is 13.9. The highest BCUT2D eigenvalue weighted by Gasteiger charge is 2.33. The number of ether oxygens (including phenoxy) is 1. The van der Waals surface area contributed by atoms with Crippen LogP contribution in [0.1, 0.15) is 25.8 Å². The van der Waals surface area contributed by atoms with Crippen molar-refractivity contribution in [2.24, 2.45) is 0 Å². The number of nitrogens with one attached hydrogen (secondary N) is 1. The SMILES string of the molecule is CCOc1ccc(S(=O)(=O)N(CC(=O)N(Cc2ccc(Cl)cc2Cl)[C@@H](CC)C(=O)NC)c2ccc(F)cc2)cc1. The van der Waals surface area contributed by atoms with Crippen molar-refractivity contribution in [2.45, 2.75) is 37.8 Å². The van der Waals surface area contributed by atoms with E-state index in [2.05, 4.69) is 5.32 Å². The molecule has 3 aromatic carbocycles. The van der Waals surface area contributed by atoms with Crippen LogP contribution in [0.3, 0.4) is 0 Å². The van der Waals surface area contributed by atoms with E-state index in [0.717, 1.165) is 16.4 Å². The lowest BCUT2D eigenvalue weighted by Crippen LogP contribution is -2.51. The molecule has 214 valence electrons. The minimum atomic E-state index is -4.31. The Hall–Kier alpha value is -3.34. The van der Waals surface area contributed by atoms with Crippen molar-refractivity contribution in [3.05, 3.63) is 88.2 Å². The van der Waals surface area contributed by atoms with Gasteiger partial charge in [-0.1, -0.05) is 36.2 Å². The molecule has 8 nitrogen and oxygen atoms in total. The summed E-state index contributed by atoms with van der Waals surface area (Å²) in [5.74, 6) is -1.18. The smallest absolute Gasteiger partial charge is 0.264 e. The van der Waals surface area contributed by atoms with Crippen molar-refractivity contribution in [3.63, 3.8) is 0 Å². The van der Waals surface area contributed by atoms with E-state index in [4.69, 9.17) is 27.9 Å².